The number of hydrogen-bond donors (Lipinski definition) is 1. The van der Waals surface area contributed by atoms with E-state index in [0.29, 0.717) is 13.0 Å². The number of hydrogen-bond acceptors (Lipinski definition) is 4. The van der Waals surface area contributed by atoms with Crippen LogP contribution in [0.4, 0.5) is 0 Å². The summed E-state index contributed by atoms with van der Waals surface area (Å²) in [5.74, 6) is 0.214. The van der Waals surface area contributed by atoms with E-state index in [1.165, 1.54) is 6.26 Å². The molecule has 0 spiro atoms. The zero-order valence-corrected chi connectivity index (χ0v) is 10.1. The van der Waals surface area contributed by atoms with Gasteiger partial charge in [0, 0.05) is 18.9 Å². The maximum absolute atomic E-state index is 10.9. The van der Waals surface area contributed by atoms with Crippen molar-refractivity contribution in [1.29, 1.82) is 0 Å². The van der Waals surface area contributed by atoms with Crippen LogP contribution in [0.25, 0.3) is 0 Å². The lowest BCUT2D eigenvalue weighted by Gasteiger charge is -2.26. The van der Waals surface area contributed by atoms with Gasteiger partial charge >= 0.3 is 0 Å². The predicted octanol–water partition coefficient (Wildman–Crippen LogP) is 0.708. The molecule has 0 aromatic heterocycles. The highest BCUT2D eigenvalue weighted by atomic mass is 32.2. The van der Waals surface area contributed by atoms with E-state index in [4.69, 9.17) is 10.5 Å². The van der Waals surface area contributed by atoms with E-state index >= 15 is 0 Å². The predicted molar refractivity (Wildman–Crippen MR) is 60.5 cm³/mol. The molecule has 0 saturated heterocycles. The van der Waals surface area contributed by atoms with Crippen LogP contribution in [0.1, 0.15) is 32.1 Å². The molecule has 0 aromatic rings. The first-order valence-electron chi connectivity index (χ1n) is 5.52. The van der Waals surface area contributed by atoms with Crippen LogP contribution < -0.4 is 5.73 Å². The Hall–Kier alpha value is -0.130. The van der Waals surface area contributed by atoms with Crippen molar-refractivity contribution in [1.82, 2.24) is 0 Å². The molecule has 0 aliphatic heterocycles. The normalized spacial score (nSPS) is 27.9. The third kappa shape index (κ3) is 6.12. The van der Waals surface area contributed by atoms with Crippen molar-refractivity contribution in [3.8, 4) is 0 Å². The third-order valence-electron chi connectivity index (χ3n) is 2.68. The number of sulfone groups is 1. The molecule has 15 heavy (non-hydrogen) atoms. The lowest BCUT2D eigenvalue weighted by Crippen LogP contribution is -2.32. The van der Waals surface area contributed by atoms with Crippen molar-refractivity contribution in [3.63, 3.8) is 0 Å². The second-order valence-electron chi connectivity index (χ2n) is 4.40. The summed E-state index contributed by atoms with van der Waals surface area (Å²) in [7, 11) is -2.84. The Morgan fingerprint density at radius 2 is 2.13 bits per heavy atom. The Kier molecular flexibility index (Phi) is 5.02. The molecule has 1 rings (SSSR count). The van der Waals surface area contributed by atoms with Crippen LogP contribution in [0, 0.1) is 0 Å². The molecule has 4 nitrogen and oxygen atoms in total. The maximum Gasteiger partial charge on any atom is 0.147 e. The first kappa shape index (κ1) is 12.9. The van der Waals surface area contributed by atoms with Crippen LogP contribution in [0.15, 0.2) is 0 Å². The van der Waals surface area contributed by atoms with Crippen LogP contribution in [-0.4, -0.2) is 39.2 Å². The third-order valence-corrected chi connectivity index (χ3v) is 3.71. The Bertz CT molecular complexity index is 276. The number of nitrogens with two attached hydrogens (primary N) is 1. The van der Waals surface area contributed by atoms with Gasteiger partial charge in [0.15, 0.2) is 0 Å². The highest BCUT2D eigenvalue weighted by Gasteiger charge is 2.19. The molecule has 0 amide bonds. The highest BCUT2D eigenvalue weighted by molar-refractivity contribution is 7.90. The molecule has 1 saturated carbocycles. The smallest absolute Gasteiger partial charge is 0.147 e. The van der Waals surface area contributed by atoms with Crippen LogP contribution in [0.5, 0.6) is 0 Å². The molecule has 0 bridgehead atoms. The van der Waals surface area contributed by atoms with Gasteiger partial charge in [0.25, 0.3) is 0 Å². The summed E-state index contributed by atoms with van der Waals surface area (Å²) in [5.41, 5.74) is 5.82. The summed E-state index contributed by atoms with van der Waals surface area (Å²) in [5, 5.41) is 0. The molecule has 1 aliphatic carbocycles. The average molecular weight is 235 g/mol. The summed E-state index contributed by atoms with van der Waals surface area (Å²) in [6.45, 7) is 0.532. The zero-order valence-electron chi connectivity index (χ0n) is 9.31. The first-order chi connectivity index (χ1) is 6.97. The monoisotopic (exact) mass is 235 g/mol. The van der Waals surface area contributed by atoms with E-state index in [9.17, 15) is 8.42 Å². The molecular weight excluding hydrogens is 214 g/mol. The van der Waals surface area contributed by atoms with E-state index in [-0.39, 0.29) is 17.9 Å². The Labute approximate surface area is 92.1 Å². The lowest BCUT2D eigenvalue weighted by molar-refractivity contribution is 0.0242. The minimum absolute atomic E-state index is 0.214. The molecule has 2 N–H and O–H groups in total. The van der Waals surface area contributed by atoms with Gasteiger partial charge in [0.2, 0.25) is 0 Å². The quantitative estimate of drug-likeness (QED) is 0.712. The van der Waals surface area contributed by atoms with Crippen molar-refractivity contribution in [2.75, 3.05) is 18.6 Å². The van der Waals surface area contributed by atoms with E-state index in [2.05, 4.69) is 0 Å². The SMILES string of the molecule is CS(=O)(=O)CCCOC1CCCC(N)C1. The van der Waals surface area contributed by atoms with E-state index < -0.39 is 9.84 Å². The molecule has 0 radical (unpaired) electrons. The minimum atomic E-state index is -2.84. The van der Waals surface area contributed by atoms with Crippen LogP contribution in [0.2, 0.25) is 0 Å². The fraction of sp³-hybridized carbons (Fsp3) is 1.00. The molecule has 2 atom stereocenters. The topological polar surface area (TPSA) is 69.4 Å². The van der Waals surface area contributed by atoms with Crippen molar-refractivity contribution in [2.45, 2.75) is 44.2 Å². The molecule has 1 fully saturated rings. The van der Waals surface area contributed by atoms with Gasteiger partial charge in [-0.3, -0.25) is 0 Å². The molecular formula is C10H21NO3S. The highest BCUT2D eigenvalue weighted by Crippen LogP contribution is 2.19. The molecule has 2 unspecified atom stereocenters. The second-order valence-corrected chi connectivity index (χ2v) is 6.66. The van der Waals surface area contributed by atoms with Crippen molar-refractivity contribution in [3.05, 3.63) is 0 Å². The zero-order chi connectivity index (χ0) is 11.3. The second kappa shape index (κ2) is 5.82. The van der Waals surface area contributed by atoms with Crippen LogP contribution in [0.3, 0.4) is 0 Å². The van der Waals surface area contributed by atoms with Gasteiger partial charge in [0.05, 0.1) is 11.9 Å². The largest absolute Gasteiger partial charge is 0.378 e. The Balaban J connectivity index is 2.09. The van der Waals surface area contributed by atoms with Crippen molar-refractivity contribution >= 4 is 9.84 Å². The lowest BCUT2D eigenvalue weighted by atomic mass is 9.94. The summed E-state index contributed by atoms with van der Waals surface area (Å²) in [6, 6.07) is 0.263. The van der Waals surface area contributed by atoms with Gasteiger partial charge in [-0.25, -0.2) is 8.42 Å². The van der Waals surface area contributed by atoms with Gasteiger partial charge < -0.3 is 10.5 Å². The van der Waals surface area contributed by atoms with E-state index in [1.54, 1.807) is 0 Å². The fourth-order valence-corrected chi connectivity index (χ4v) is 2.55. The van der Waals surface area contributed by atoms with Gasteiger partial charge in [0.1, 0.15) is 9.84 Å². The molecule has 90 valence electrons. The van der Waals surface area contributed by atoms with Crippen molar-refractivity contribution in [2.24, 2.45) is 5.73 Å². The van der Waals surface area contributed by atoms with Crippen LogP contribution >= 0.6 is 0 Å². The minimum Gasteiger partial charge on any atom is -0.378 e. The Morgan fingerprint density at radius 1 is 1.40 bits per heavy atom. The first-order valence-corrected chi connectivity index (χ1v) is 7.58. The molecule has 1 aliphatic rings. The Morgan fingerprint density at radius 3 is 2.73 bits per heavy atom. The van der Waals surface area contributed by atoms with E-state index in [0.717, 1.165) is 25.7 Å². The van der Waals surface area contributed by atoms with E-state index in [1.807, 2.05) is 0 Å². The van der Waals surface area contributed by atoms with Gasteiger partial charge in [-0.2, -0.15) is 0 Å². The molecule has 0 heterocycles. The van der Waals surface area contributed by atoms with Crippen LogP contribution in [-0.2, 0) is 14.6 Å². The average Bonchev–Trinajstić information content (AvgIpc) is 2.11. The van der Waals surface area contributed by atoms with Gasteiger partial charge in [-0.1, -0.05) is 0 Å². The van der Waals surface area contributed by atoms with Gasteiger partial charge in [-0.05, 0) is 32.1 Å². The summed E-state index contributed by atoms with van der Waals surface area (Å²) in [6.07, 6.45) is 6.27. The number of ether oxygens (including phenoxy) is 1. The fourth-order valence-electron chi connectivity index (χ4n) is 1.90. The summed E-state index contributed by atoms with van der Waals surface area (Å²) >= 11 is 0. The summed E-state index contributed by atoms with van der Waals surface area (Å²) in [4.78, 5) is 0. The summed E-state index contributed by atoms with van der Waals surface area (Å²) < 4.78 is 27.3. The number of rotatable bonds is 5. The van der Waals surface area contributed by atoms with Crippen molar-refractivity contribution < 1.29 is 13.2 Å². The molecule has 0 aromatic carbocycles. The maximum atomic E-state index is 10.9. The van der Waals surface area contributed by atoms with Gasteiger partial charge in [-0.15, -0.1) is 0 Å². The molecule has 5 heteroatoms. The standard InChI is InChI=1S/C10H21NO3S/c1-15(12,13)7-3-6-14-10-5-2-4-9(11)8-10/h9-10H,2-8,11H2,1H3.